The Labute approximate surface area is 168 Å². The molecule has 7 heteroatoms. The average Bonchev–Trinajstić information content (AvgIpc) is 2.66. The molecular weight excluding hydrogens is 378 g/mol. The van der Waals surface area contributed by atoms with Crippen molar-refractivity contribution in [2.24, 2.45) is 0 Å². The molecule has 0 aliphatic carbocycles. The first kappa shape index (κ1) is 19.9. The number of phenols is 1. The molecule has 0 saturated carbocycles. The van der Waals surface area contributed by atoms with Gasteiger partial charge < -0.3 is 15.2 Å². The van der Waals surface area contributed by atoms with Crippen molar-refractivity contribution >= 4 is 34.4 Å². The van der Waals surface area contributed by atoms with Gasteiger partial charge >= 0.3 is 5.97 Å². The monoisotopic (exact) mass is 399 g/mol. The number of halogens is 1. The smallest absolute Gasteiger partial charge is 0.344 e. The highest BCUT2D eigenvalue weighted by atomic mass is 35.5. The summed E-state index contributed by atoms with van der Waals surface area (Å²) < 4.78 is 5.30. The van der Waals surface area contributed by atoms with Crippen LogP contribution >= 0.6 is 11.6 Å². The number of carbonyl (C=O) groups is 1. The summed E-state index contributed by atoms with van der Waals surface area (Å²) in [6, 6.07) is 8.95. The van der Waals surface area contributed by atoms with E-state index in [1.54, 1.807) is 30.5 Å². The third kappa shape index (κ3) is 4.02. The number of hydrogen-bond acceptors (Lipinski definition) is 6. The van der Waals surface area contributed by atoms with Gasteiger partial charge in [-0.15, -0.1) is 0 Å². The van der Waals surface area contributed by atoms with Crippen molar-refractivity contribution < 1.29 is 14.6 Å². The molecule has 0 aliphatic heterocycles. The van der Waals surface area contributed by atoms with Crippen molar-refractivity contribution in [2.45, 2.75) is 33.2 Å². The van der Waals surface area contributed by atoms with Gasteiger partial charge in [0.05, 0.1) is 12.1 Å². The molecule has 146 valence electrons. The quantitative estimate of drug-likeness (QED) is 0.564. The van der Waals surface area contributed by atoms with Crippen molar-refractivity contribution in [3.8, 4) is 16.9 Å². The number of nitrogens with one attached hydrogen (secondary N) is 1. The van der Waals surface area contributed by atoms with Crippen LogP contribution < -0.4 is 5.32 Å². The van der Waals surface area contributed by atoms with E-state index in [0.717, 1.165) is 0 Å². The molecule has 3 rings (SSSR count). The zero-order chi connectivity index (χ0) is 20.3. The molecule has 1 heterocycles. The Hall–Kier alpha value is -2.86. The molecule has 0 fully saturated rings. The van der Waals surface area contributed by atoms with Gasteiger partial charge in [0.25, 0.3) is 0 Å². The molecule has 0 amide bonds. The number of ether oxygens (including phenoxy) is 1. The standard InChI is InChI=1S/C21H22ClN3O3/c1-4-9-28-20(27)17-18-13(11-23-21(25-18)24-12(2)3)10-15(19(17)26)14-7-5-6-8-16(14)22/h5-8,10-12,26H,4,9H2,1-3H3,(H,23,24,25). The molecule has 0 unspecified atom stereocenters. The Morgan fingerprint density at radius 3 is 2.71 bits per heavy atom. The third-order valence-electron chi connectivity index (χ3n) is 4.07. The first-order chi connectivity index (χ1) is 13.4. The highest BCUT2D eigenvalue weighted by Crippen LogP contribution is 2.40. The topological polar surface area (TPSA) is 84.3 Å². The zero-order valence-electron chi connectivity index (χ0n) is 16.0. The number of fused-ring (bicyclic) bond motifs is 1. The molecule has 0 saturated heterocycles. The lowest BCUT2D eigenvalue weighted by atomic mass is 9.98. The summed E-state index contributed by atoms with van der Waals surface area (Å²) in [6.45, 7) is 6.07. The highest BCUT2D eigenvalue weighted by Gasteiger charge is 2.24. The molecule has 0 aliphatic rings. The Balaban J connectivity index is 2.26. The van der Waals surface area contributed by atoms with Gasteiger partial charge in [-0.05, 0) is 32.4 Å². The molecule has 2 aromatic carbocycles. The number of nitrogens with zero attached hydrogens (tertiary/aromatic N) is 2. The molecule has 0 radical (unpaired) electrons. The highest BCUT2D eigenvalue weighted by molar-refractivity contribution is 6.33. The van der Waals surface area contributed by atoms with Crippen LogP contribution in [-0.2, 0) is 4.74 Å². The molecule has 28 heavy (non-hydrogen) atoms. The number of hydrogen-bond donors (Lipinski definition) is 2. The van der Waals surface area contributed by atoms with Gasteiger partial charge in [-0.1, -0.05) is 36.7 Å². The average molecular weight is 400 g/mol. The number of esters is 1. The van der Waals surface area contributed by atoms with E-state index in [2.05, 4.69) is 15.3 Å². The molecule has 6 nitrogen and oxygen atoms in total. The SMILES string of the molecule is CCCOC(=O)c1c(O)c(-c2ccccc2Cl)cc2cnc(NC(C)C)nc12. The molecule has 0 bridgehead atoms. The van der Waals surface area contributed by atoms with E-state index >= 15 is 0 Å². The minimum atomic E-state index is -0.632. The minimum absolute atomic E-state index is 0.00933. The predicted octanol–water partition coefficient (Wildman–Crippen LogP) is 5.04. The van der Waals surface area contributed by atoms with E-state index in [1.165, 1.54) is 0 Å². The fourth-order valence-electron chi connectivity index (χ4n) is 2.84. The summed E-state index contributed by atoms with van der Waals surface area (Å²) in [6.07, 6.45) is 2.28. The minimum Gasteiger partial charge on any atom is -0.506 e. The second-order valence-electron chi connectivity index (χ2n) is 6.69. The Bertz CT molecular complexity index is 1020. The molecule has 1 aromatic heterocycles. The lowest BCUT2D eigenvalue weighted by molar-refractivity contribution is 0.0504. The number of rotatable bonds is 6. The van der Waals surface area contributed by atoms with Crippen LogP contribution in [0, 0.1) is 0 Å². The summed E-state index contributed by atoms with van der Waals surface area (Å²) in [5.74, 6) is -0.472. The Morgan fingerprint density at radius 2 is 2.04 bits per heavy atom. The second-order valence-corrected chi connectivity index (χ2v) is 7.10. The molecular formula is C21H22ClN3O3. The lowest BCUT2D eigenvalue weighted by Crippen LogP contribution is -2.13. The first-order valence-corrected chi connectivity index (χ1v) is 9.51. The van der Waals surface area contributed by atoms with Gasteiger partial charge in [0.2, 0.25) is 5.95 Å². The van der Waals surface area contributed by atoms with Crippen LogP contribution in [0.3, 0.4) is 0 Å². The fraction of sp³-hybridized carbons (Fsp3) is 0.286. The van der Waals surface area contributed by atoms with E-state index in [4.69, 9.17) is 16.3 Å². The van der Waals surface area contributed by atoms with Crippen LogP contribution in [0.2, 0.25) is 5.02 Å². The number of benzene rings is 2. The maximum atomic E-state index is 12.7. The lowest BCUT2D eigenvalue weighted by Gasteiger charge is -2.15. The molecule has 0 atom stereocenters. The second kappa shape index (κ2) is 8.44. The van der Waals surface area contributed by atoms with E-state index in [1.807, 2.05) is 26.8 Å². The zero-order valence-corrected chi connectivity index (χ0v) is 16.7. The van der Waals surface area contributed by atoms with Crippen LogP contribution in [-0.4, -0.2) is 33.7 Å². The Kier molecular flexibility index (Phi) is 5.99. The van der Waals surface area contributed by atoms with Crippen LogP contribution in [0.5, 0.6) is 5.75 Å². The number of carbonyl (C=O) groups excluding carboxylic acids is 1. The maximum Gasteiger partial charge on any atom is 0.344 e. The Morgan fingerprint density at radius 1 is 1.29 bits per heavy atom. The molecule has 2 N–H and O–H groups in total. The third-order valence-corrected chi connectivity index (χ3v) is 4.40. The summed E-state index contributed by atoms with van der Waals surface area (Å²) in [5.41, 5.74) is 1.37. The summed E-state index contributed by atoms with van der Waals surface area (Å²) >= 11 is 6.31. The summed E-state index contributed by atoms with van der Waals surface area (Å²) in [4.78, 5) is 21.5. The summed E-state index contributed by atoms with van der Waals surface area (Å²) in [5, 5.41) is 15.1. The van der Waals surface area contributed by atoms with Gasteiger partial charge in [0.15, 0.2) is 0 Å². The van der Waals surface area contributed by atoms with Crippen LogP contribution in [0.4, 0.5) is 5.95 Å². The number of aromatic nitrogens is 2. The van der Waals surface area contributed by atoms with E-state index in [0.29, 0.717) is 39.4 Å². The predicted molar refractivity (Wildman–Crippen MR) is 111 cm³/mol. The largest absolute Gasteiger partial charge is 0.506 e. The normalized spacial score (nSPS) is 11.0. The van der Waals surface area contributed by atoms with Crippen molar-refractivity contribution in [2.75, 3.05) is 11.9 Å². The number of aromatic hydroxyl groups is 1. The van der Waals surface area contributed by atoms with Crippen molar-refractivity contribution in [1.82, 2.24) is 9.97 Å². The first-order valence-electron chi connectivity index (χ1n) is 9.13. The number of anilines is 1. The van der Waals surface area contributed by atoms with Gasteiger partial charge in [0.1, 0.15) is 11.3 Å². The van der Waals surface area contributed by atoms with Gasteiger partial charge in [-0.2, -0.15) is 0 Å². The van der Waals surface area contributed by atoms with Gasteiger partial charge in [-0.3, -0.25) is 0 Å². The number of phenolic OH excluding ortho intramolecular Hbond substituents is 1. The van der Waals surface area contributed by atoms with E-state index < -0.39 is 5.97 Å². The van der Waals surface area contributed by atoms with Crippen LogP contribution in [0.15, 0.2) is 36.5 Å². The maximum absolute atomic E-state index is 12.7. The summed E-state index contributed by atoms with van der Waals surface area (Å²) in [7, 11) is 0. The van der Waals surface area contributed by atoms with Gasteiger partial charge in [0, 0.05) is 33.8 Å². The van der Waals surface area contributed by atoms with Crippen LogP contribution in [0.1, 0.15) is 37.6 Å². The molecule has 3 aromatic rings. The van der Waals surface area contributed by atoms with Crippen molar-refractivity contribution in [1.29, 1.82) is 0 Å². The fourth-order valence-corrected chi connectivity index (χ4v) is 3.08. The van der Waals surface area contributed by atoms with E-state index in [9.17, 15) is 9.90 Å². The van der Waals surface area contributed by atoms with Crippen molar-refractivity contribution in [3.63, 3.8) is 0 Å². The molecule has 0 spiro atoms. The van der Waals surface area contributed by atoms with Crippen molar-refractivity contribution in [3.05, 3.63) is 47.1 Å². The van der Waals surface area contributed by atoms with Crippen LogP contribution in [0.25, 0.3) is 22.0 Å². The van der Waals surface area contributed by atoms with E-state index in [-0.39, 0.29) is 24.0 Å². The van der Waals surface area contributed by atoms with Gasteiger partial charge in [-0.25, -0.2) is 14.8 Å².